The fourth-order valence-corrected chi connectivity index (χ4v) is 7.54. The van der Waals surface area contributed by atoms with E-state index in [0.29, 0.717) is 11.7 Å². The maximum atomic E-state index is 13.8. The molecule has 0 radical (unpaired) electrons. The van der Waals surface area contributed by atoms with Gasteiger partial charge in [-0.05, 0) is 61.8 Å². The molecule has 1 aliphatic heterocycles. The second kappa shape index (κ2) is 9.28. The highest BCUT2D eigenvalue weighted by molar-refractivity contribution is 7.99. The van der Waals surface area contributed by atoms with Crippen LogP contribution in [-0.2, 0) is 30.6 Å². The molecule has 1 aliphatic carbocycles. The SMILES string of the molecule is C[C@@H]1Cc2ccccc2N1C(=O)CSc1nc2sc3c(c2c(=O)n1Cc1ccccc1)CCCC3. The number of hydrogen-bond donors (Lipinski definition) is 0. The van der Waals surface area contributed by atoms with E-state index in [-0.39, 0.29) is 23.3 Å². The van der Waals surface area contributed by atoms with Crippen molar-refractivity contribution in [3.63, 3.8) is 0 Å². The minimum Gasteiger partial charge on any atom is -0.308 e. The van der Waals surface area contributed by atoms with Gasteiger partial charge in [-0.3, -0.25) is 14.2 Å². The Morgan fingerprint density at radius 2 is 1.86 bits per heavy atom. The number of nitrogens with zero attached hydrogens (tertiary/aromatic N) is 3. The Bertz CT molecular complexity index is 1480. The van der Waals surface area contributed by atoms with Crippen LogP contribution in [0, 0.1) is 0 Å². The average molecular weight is 502 g/mol. The molecule has 0 bridgehead atoms. The molecular weight excluding hydrogens is 474 g/mol. The Morgan fingerprint density at radius 1 is 1.09 bits per heavy atom. The van der Waals surface area contributed by atoms with Gasteiger partial charge in [0.15, 0.2) is 5.16 Å². The van der Waals surface area contributed by atoms with Gasteiger partial charge >= 0.3 is 0 Å². The van der Waals surface area contributed by atoms with E-state index in [0.717, 1.165) is 47.2 Å². The molecule has 0 unspecified atom stereocenters. The number of carbonyl (C=O) groups is 1. The van der Waals surface area contributed by atoms with Crippen LogP contribution in [0.1, 0.15) is 41.3 Å². The fourth-order valence-electron chi connectivity index (χ4n) is 5.38. The van der Waals surface area contributed by atoms with Crippen molar-refractivity contribution in [3.05, 3.63) is 86.5 Å². The highest BCUT2D eigenvalue weighted by atomic mass is 32.2. The Morgan fingerprint density at radius 3 is 2.71 bits per heavy atom. The summed E-state index contributed by atoms with van der Waals surface area (Å²) in [5, 5.41) is 1.41. The highest BCUT2D eigenvalue weighted by Crippen LogP contribution is 2.36. The first kappa shape index (κ1) is 22.6. The minimum absolute atomic E-state index is 0.0214. The second-order valence-electron chi connectivity index (χ2n) is 9.40. The predicted octanol–water partition coefficient (Wildman–Crippen LogP) is 5.46. The lowest BCUT2D eigenvalue weighted by molar-refractivity contribution is -0.116. The number of benzene rings is 2. The molecule has 1 atom stereocenters. The monoisotopic (exact) mass is 501 g/mol. The molecule has 0 fully saturated rings. The zero-order valence-corrected chi connectivity index (χ0v) is 21.3. The number of carbonyl (C=O) groups excluding carboxylic acids is 1. The molecule has 5 nitrogen and oxygen atoms in total. The summed E-state index contributed by atoms with van der Waals surface area (Å²) in [5.41, 5.74) is 4.48. The Hall–Kier alpha value is -2.90. The van der Waals surface area contributed by atoms with Gasteiger partial charge in [-0.1, -0.05) is 60.3 Å². The third-order valence-electron chi connectivity index (χ3n) is 7.02. The molecule has 178 valence electrons. The van der Waals surface area contributed by atoms with Gasteiger partial charge in [-0.25, -0.2) is 4.98 Å². The molecule has 2 aromatic heterocycles. The fraction of sp³-hybridized carbons (Fsp3) is 0.321. The van der Waals surface area contributed by atoms with E-state index >= 15 is 0 Å². The van der Waals surface area contributed by atoms with Gasteiger partial charge in [0.1, 0.15) is 4.83 Å². The van der Waals surface area contributed by atoms with Gasteiger partial charge in [-0.15, -0.1) is 11.3 Å². The minimum atomic E-state index is 0.0214. The van der Waals surface area contributed by atoms with Crippen molar-refractivity contribution in [2.75, 3.05) is 10.7 Å². The van der Waals surface area contributed by atoms with E-state index in [1.165, 1.54) is 34.2 Å². The van der Waals surface area contributed by atoms with Crippen LogP contribution in [0.2, 0.25) is 0 Å². The molecule has 0 N–H and O–H groups in total. The van der Waals surface area contributed by atoms with Crippen LogP contribution in [0.3, 0.4) is 0 Å². The number of aromatic nitrogens is 2. The van der Waals surface area contributed by atoms with Crippen molar-refractivity contribution in [3.8, 4) is 0 Å². The molecule has 0 spiro atoms. The Balaban J connectivity index is 1.36. The molecule has 4 aromatic rings. The summed E-state index contributed by atoms with van der Waals surface area (Å²) >= 11 is 3.04. The summed E-state index contributed by atoms with van der Waals surface area (Å²) in [6, 6.07) is 18.3. The van der Waals surface area contributed by atoms with E-state index in [1.54, 1.807) is 15.9 Å². The van der Waals surface area contributed by atoms with Gasteiger partial charge in [0, 0.05) is 16.6 Å². The first-order valence-electron chi connectivity index (χ1n) is 12.2. The maximum absolute atomic E-state index is 13.8. The molecule has 2 aliphatic rings. The van der Waals surface area contributed by atoms with Crippen molar-refractivity contribution in [2.45, 2.75) is 56.8 Å². The van der Waals surface area contributed by atoms with E-state index in [9.17, 15) is 9.59 Å². The largest absolute Gasteiger partial charge is 0.308 e. The lowest BCUT2D eigenvalue weighted by Gasteiger charge is -2.22. The van der Waals surface area contributed by atoms with Crippen LogP contribution in [0.25, 0.3) is 10.2 Å². The van der Waals surface area contributed by atoms with Crippen LogP contribution < -0.4 is 10.5 Å². The van der Waals surface area contributed by atoms with E-state index < -0.39 is 0 Å². The van der Waals surface area contributed by atoms with Gasteiger partial charge in [0.05, 0.1) is 17.7 Å². The van der Waals surface area contributed by atoms with Crippen molar-refractivity contribution >= 4 is 44.9 Å². The van der Waals surface area contributed by atoms with E-state index in [4.69, 9.17) is 4.98 Å². The summed E-state index contributed by atoms with van der Waals surface area (Å²) in [6.45, 7) is 2.54. The summed E-state index contributed by atoms with van der Waals surface area (Å²) < 4.78 is 1.78. The molecule has 1 amide bonds. The number of anilines is 1. The number of amides is 1. The predicted molar refractivity (Wildman–Crippen MR) is 144 cm³/mol. The number of rotatable bonds is 5. The zero-order chi connectivity index (χ0) is 23.9. The quantitative estimate of drug-likeness (QED) is 0.269. The number of hydrogen-bond acceptors (Lipinski definition) is 5. The molecule has 6 rings (SSSR count). The van der Waals surface area contributed by atoms with Crippen molar-refractivity contribution in [1.82, 2.24) is 9.55 Å². The van der Waals surface area contributed by atoms with Gasteiger partial charge < -0.3 is 4.90 Å². The Kier molecular flexibility index (Phi) is 5.98. The van der Waals surface area contributed by atoms with Gasteiger partial charge in [0.25, 0.3) is 5.56 Å². The highest BCUT2D eigenvalue weighted by Gasteiger charge is 2.31. The number of aryl methyl sites for hydroxylation is 2. The molecular formula is C28H27N3O2S2. The van der Waals surface area contributed by atoms with Crippen LogP contribution in [-0.4, -0.2) is 27.3 Å². The second-order valence-corrected chi connectivity index (χ2v) is 11.4. The molecule has 7 heteroatoms. The van der Waals surface area contributed by atoms with Crippen molar-refractivity contribution in [2.24, 2.45) is 0 Å². The first-order chi connectivity index (χ1) is 17.1. The molecule has 2 aromatic carbocycles. The summed E-state index contributed by atoms with van der Waals surface area (Å²) in [6.07, 6.45) is 5.15. The lowest BCUT2D eigenvalue weighted by atomic mass is 9.97. The van der Waals surface area contributed by atoms with Gasteiger partial charge in [-0.2, -0.15) is 0 Å². The van der Waals surface area contributed by atoms with Crippen LogP contribution in [0.4, 0.5) is 5.69 Å². The maximum Gasteiger partial charge on any atom is 0.263 e. The third kappa shape index (κ3) is 4.10. The molecule has 35 heavy (non-hydrogen) atoms. The standard InChI is InChI=1S/C28H27N3O2S2/c1-18-15-20-11-5-7-13-22(20)31(18)24(32)17-34-28-29-26-25(21-12-6-8-14-23(21)35-26)27(33)30(28)16-19-9-3-2-4-10-19/h2-5,7,9-11,13,18H,6,8,12,14-17H2,1H3/t18-/m1/s1. The van der Waals surface area contributed by atoms with Crippen LogP contribution in [0.15, 0.2) is 64.5 Å². The molecule has 0 saturated carbocycles. The topological polar surface area (TPSA) is 55.2 Å². The normalized spacial score (nSPS) is 16.9. The summed E-state index contributed by atoms with van der Waals surface area (Å²) in [4.78, 5) is 36.2. The smallest absolute Gasteiger partial charge is 0.263 e. The van der Waals surface area contributed by atoms with E-state index in [2.05, 4.69) is 13.0 Å². The number of fused-ring (bicyclic) bond motifs is 4. The summed E-state index contributed by atoms with van der Waals surface area (Å²) in [7, 11) is 0. The summed E-state index contributed by atoms with van der Waals surface area (Å²) in [5.74, 6) is 0.301. The van der Waals surface area contributed by atoms with Crippen molar-refractivity contribution in [1.29, 1.82) is 0 Å². The average Bonchev–Trinajstić information content (AvgIpc) is 3.41. The van der Waals surface area contributed by atoms with E-state index in [1.807, 2.05) is 53.4 Å². The van der Waals surface area contributed by atoms with Crippen LogP contribution >= 0.6 is 23.1 Å². The Labute approximate surface area is 212 Å². The first-order valence-corrected chi connectivity index (χ1v) is 14.0. The number of para-hydroxylation sites is 1. The zero-order valence-electron chi connectivity index (χ0n) is 19.7. The third-order valence-corrected chi connectivity index (χ3v) is 9.17. The lowest BCUT2D eigenvalue weighted by Crippen LogP contribution is -2.37. The number of thioether (sulfide) groups is 1. The van der Waals surface area contributed by atoms with Crippen molar-refractivity contribution < 1.29 is 4.79 Å². The van der Waals surface area contributed by atoms with Gasteiger partial charge in [0.2, 0.25) is 5.91 Å². The molecule has 3 heterocycles. The molecule has 0 saturated heterocycles. The number of thiophene rings is 1. The van der Waals surface area contributed by atoms with Crippen LogP contribution in [0.5, 0.6) is 0 Å².